The molecule has 0 aliphatic carbocycles. The van der Waals surface area contributed by atoms with E-state index in [0.717, 1.165) is 6.07 Å². The van der Waals surface area contributed by atoms with Crippen molar-refractivity contribution in [2.75, 3.05) is 5.43 Å². The second-order valence-corrected chi connectivity index (χ2v) is 5.57. The maximum absolute atomic E-state index is 13.9. The summed E-state index contributed by atoms with van der Waals surface area (Å²) in [6.45, 7) is 4.08. The number of hydrogen-bond acceptors (Lipinski definition) is 3. The van der Waals surface area contributed by atoms with Crippen LogP contribution in [0.5, 0.6) is 0 Å². The van der Waals surface area contributed by atoms with Crippen LogP contribution in [0.4, 0.5) is 14.5 Å². The van der Waals surface area contributed by atoms with Gasteiger partial charge in [0.2, 0.25) is 0 Å². The molecule has 0 amide bonds. The molecule has 6 heteroatoms. The zero-order valence-corrected chi connectivity index (χ0v) is 12.2. The van der Waals surface area contributed by atoms with Crippen molar-refractivity contribution in [3.05, 3.63) is 33.9 Å². The SMILES string of the molecule is CC(C)Cc1cc(NN)c2c(Br)c(F)cc(F)c2n1. The summed E-state index contributed by atoms with van der Waals surface area (Å²) in [4.78, 5) is 4.26. The van der Waals surface area contributed by atoms with Gasteiger partial charge in [0, 0.05) is 17.1 Å². The fraction of sp³-hybridized carbons (Fsp3) is 0.308. The van der Waals surface area contributed by atoms with Crippen molar-refractivity contribution in [3.63, 3.8) is 0 Å². The van der Waals surface area contributed by atoms with Crippen molar-refractivity contribution in [2.45, 2.75) is 20.3 Å². The van der Waals surface area contributed by atoms with Crippen LogP contribution in [0.25, 0.3) is 10.9 Å². The van der Waals surface area contributed by atoms with Crippen LogP contribution in [0.1, 0.15) is 19.5 Å². The lowest BCUT2D eigenvalue weighted by Gasteiger charge is -2.12. The maximum atomic E-state index is 13.9. The van der Waals surface area contributed by atoms with Crippen molar-refractivity contribution >= 4 is 32.5 Å². The summed E-state index contributed by atoms with van der Waals surface area (Å²) < 4.78 is 27.6. The average molecular weight is 330 g/mol. The molecule has 0 aliphatic rings. The third-order valence-electron chi connectivity index (χ3n) is 2.75. The third-order valence-corrected chi connectivity index (χ3v) is 3.53. The Labute approximate surface area is 118 Å². The second-order valence-electron chi connectivity index (χ2n) is 4.78. The zero-order chi connectivity index (χ0) is 14.2. The molecule has 0 unspecified atom stereocenters. The second kappa shape index (κ2) is 5.38. The van der Waals surface area contributed by atoms with E-state index in [1.54, 1.807) is 6.07 Å². The summed E-state index contributed by atoms with van der Waals surface area (Å²) in [5.74, 6) is 4.44. The van der Waals surface area contributed by atoms with Gasteiger partial charge in [-0.1, -0.05) is 13.8 Å². The van der Waals surface area contributed by atoms with E-state index in [1.165, 1.54) is 0 Å². The molecule has 3 N–H and O–H groups in total. The first-order valence-corrected chi connectivity index (χ1v) is 6.67. The van der Waals surface area contributed by atoms with Gasteiger partial charge in [0.05, 0.1) is 10.2 Å². The van der Waals surface area contributed by atoms with E-state index >= 15 is 0 Å². The van der Waals surface area contributed by atoms with Gasteiger partial charge in [-0.05, 0) is 34.3 Å². The van der Waals surface area contributed by atoms with Gasteiger partial charge in [0.25, 0.3) is 0 Å². The number of pyridine rings is 1. The van der Waals surface area contributed by atoms with E-state index in [4.69, 9.17) is 5.84 Å². The van der Waals surface area contributed by atoms with Crippen LogP contribution in [0.15, 0.2) is 16.6 Å². The smallest absolute Gasteiger partial charge is 0.152 e. The Kier molecular flexibility index (Phi) is 4.01. The molecule has 1 heterocycles. The number of halogens is 3. The molecule has 3 nitrogen and oxygen atoms in total. The van der Waals surface area contributed by atoms with E-state index in [9.17, 15) is 8.78 Å². The minimum absolute atomic E-state index is 0.111. The summed E-state index contributed by atoms with van der Waals surface area (Å²) in [6, 6.07) is 2.53. The van der Waals surface area contributed by atoms with E-state index in [1.807, 2.05) is 13.8 Å². The Morgan fingerprint density at radius 2 is 2.00 bits per heavy atom. The van der Waals surface area contributed by atoms with Gasteiger partial charge in [0.1, 0.15) is 11.3 Å². The molecular formula is C13H14BrF2N3. The lowest BCUT2D eigenvalue weighted by atomic mass is 10.1. The van der Waals surface area contributed by atoms with Gasteiger partial charge >= 0.3 is 0 Å². The van der Waals surface area contributed by atoms with Gasteiger partial charge in [-0.15, -0.1) is 0 Å². The van der Waals surface area contributed by atoms with Crippen LogP contribution in [0, 0.1) is 17.6 Å². The molecule has 0 saturated carbocycles. The number of nitrogens with zero attached hydrogens (tertiary/aromatic N) is 1. The lowest BCUT2D eigenvalue weighted by molar-refractivity contribution is 0.585. The number of aromatic nitrogens is 1. The summed E-state index contributed by atoms with van der Waals surface area (Å²) >= 11 is 3.10. The van der Waals surface area contributed by atoms with Crippen LogP contribution in [0.2, 0.25) is 0 Å². The number of benzene rings is 1. The van der Waals surface area contributed by atoms with Crippen molar-refractivity contribution in [1.29, 1.82) is 0 Å². The highest BCUT2D eigenvalue weighted by molar-refractivity contribution is 9.10. The molecule has 0 atom stereocenters. The summed E-state index contributed by atoms with van der Waals surface area (Å²) in [6.07, 6.45) is 0.694. The minimum Gasteiger partial charge on any atom is -0.323 e. The number of nitrogens with one attached hydrogen (secondary N) is 1. The third kappa shape index (κ3) is 2.69. The topological polar surface area (TPSA) is 50.9 Å². The number of nitrogen functional groups attached to an aromatic ring is 1. The van der Waals surface area contributed by atoms with Crippen LogP contribution < -0.4 is 11.3 Å². The van der Waals surface area contributed by atoms with E-state index < -0.39 is 11.6 Å². The summed E-state index contributed by atoms with van der Waals surface area (Å²) in [5.41, 5.74) is 3.75. The highest BCUT2D eigenvalue weighted by Crippen LogP contribution is 2.34. The quantitative estimate of drug-likeness (QED) is 0.512. The Hall–Kier alpha value is -1.27. The van der Waals surface area contributed by atoms with Crippen molar-refractivity contribution in [1.82, 2.24) is 4.98 Å². The first kappa shape index (κ1) is 14.1. The van der Waals surface area contributed by atoms with Gasteiger partial charge in [-0.2, -0.15) is 0 Å². The lowest BCUT2D eigenvalue weighted by Crippen LogP contribution is -2.10. The molecule has 0 saturated heterocycles. The standard InChI is InChI=1S/C13H14BrF2N3/c1-6(2)3-7-4-10(19-17)11-12(14)8(15)5-9(16)13(11)18-7/h4-6H,3,17H2,1-2H3,(H,18,19). The van der Waals surface area contributed by atoms with Gasteiger partial charge in [0.15, 0.2) is 5.82 Å². The summed E-state index contributed by atoms with van der Waals surface area (Å²) in [7, 11) is 0. The zero-order valence-electron chi connectivity index (χ0n) is 10.6. The molecule has 0 spiro atoms. The fourth-order valence-corrected chi connectivity index (χ4v) is 2.51. The number of hydrazine groups is 1. The molecular weight excluding hydrogens is 316 g/mol. The number of rotatable bonds is 3. The number of fused-ring (bicyclic) bond motifs is 1. The summed E-state index contributed by atoms with van der Waals surface area (Å²) in [5, 5.41) is 0.313. The molecule has 0 fully saturated rings. The minimum atomic E-state index is -0.696. The molecule has 1 aromatic carbocycles. The van der Waals surface area contributed by atoms with Crippen molar-refractivity contribution < 1.29 is 8.78 Å². The van der Waals surface area contributed by atoms with Crippen LogP contribution in [-0.2, 0) is 6.42 Å². The van der Waals surface area contributed by atoms with Gasteiger partial charge in [-0.25, -0.2) is 13.8 Å². The fourth-order valence-electron chi connectivity index (χ4n) is 1.99. The van der Waals surface area contributed by atoms with Crippen LogP contribution in [-0.4, -0.2) is 4.98 Å². The largest absolute Gasteiger partial charge is 0.323 e. The first-order chi connectivity index (χ1) is 8.93. The van der Waals surface area contributed by atoms with Gasteiger partial charge in [-0.3, -0.25) is 5.84 Å². The van der Waals surface area contributed by atoms with E-state index in [0.29, 0.717) is 29.1 Å². The first-order valence-electron chi connectivity index (χ1n) is 5.87. The molecule has 19 heavy (non-hydrogen) atoms. The highest BCUT2D eigenvalue weighted by atomic mass is 79.9. The van der Waals surface area contributed by atoms with Crippen molar-refractivity contribution in [2.24, 2.45) is 11.8 Å². The monoisotopic (exact) mass is 329 g/mol. The molecule has 2 rings (SSSR count). The van der Waals surface area contributed by atoms with Crippen LogP contribution >= 0.6 is 15.9 Å². The molecule has 0 aliphatic heterocycles. The Balaban J connectivity index is 2.77. The van der Waals surface area contributed by atoms with Crippen LogP contribution in [0.3, 0.4) is 0 Å². The maximum Gasteiger partial charge on any atom is 0.152 e. The number of anilines is 1. The van der Waals surface area contributed by atoms with E-state index in [2.05, 4.69) is 26.3 Å². The number of nitrogens with two attached hydrogens (primary N) is 1. The van der Waals surface area contributed by atoms with Gasteiger partial charge < -0.3 is 5.43 Å². The normalized spacial score (nSPS) is 11.3. The molecule has 0 radical (unpaired) electrons. The predicted molar refractivity (Wildman–Crippen MR) is 75.7 cm³/mol. The average Bonchev–Trinajstić information content (AvgIpc) is 2.34. The molecule has 0 bridgehead atoms. The molecule has 2 aromatic rings. The number of hydrogen-bond donors (Lipinski definition) is 2. The predicted octanol–water partition coefficient (Wildman–Crippen LogP) is 3.76. The highest BCUT2D eigenvalue weighted by Gasteiger charge is 2.16. The Bertz CT molecular complexity index is 629. The van der Waals surface area contributed by atoms with Crippen molar-refractivity contribution in [3.8, 4) is 0 Å². The van der Waals surface area contributed by atoms with E-state index in [-0.39, 0.29) is 9.99 Å². The molecule has 102 valence electrons. The molecule has 1 aromatic heterocycles. The Morgan fingerprint density at radius 3 is 2.58 bits per heavy atom. The Morgan fingerprint density at radius 1 is 1.32 bits per heavy atom.